The molecule has 0 bridgehead atoms. The van der Waals surface area contributed by atoms with Gasteiger partial charge in [-0.2, -0.15) is 0 Å². The minimum absolute atomic E-state index is 0.981. The molecule has 0 amide bonds. The van der Waals surface area contributed by atoms with E-state index in [0.29, 0.717) is 0 Å². The number of benzene rings is 2. The fourth-order valence-electron chi connectivity index (χ4n) is 3.02. The van der Waals surface area contributed by atoms with Gasteiger partial charge in [-0.25, -0.2) is 0 Å². The van der Waals surface area contributed by atoms with Crippen LogP contribution in [0.3, 0.4) is 0 Å². The third-order valence-electron chi connectivity index (χ3n) is 4.05. The van der Waals surface area contributed by atoms with Crippen LogP contribution in [0, 0.1) is 6.92 Å². The molecule has 0 aromatic heterocycles. The molecule has 2 aromatic carbocycles. The van der Waals surface area contributed by atoms with Gasteiger partial charge in [0.15, 0.2) is 0 Å². The lowest BCUT2D eigenvalue weighted by Crippen LogP contribution is -2.19. The molecule has 0 radical (unpaired) electrons. The minimum Gasteiger partial charge on any atom is -0.341 e. The minimum atomic E-state index is 0.981. The largest absolute Gasteiger partial charge is 0.341 e. The molecule has 1 heteroatoms. The quantitative estimate of drug-likeness (QED) is 0.743. The predicted octanol–water partition coefficient (Wildman–Crippen LogP) is 5.11. The zero-order valence-electron chi connectivity index (χ0n) is 12.3. The second-order valence-electron chi connectivity index (χ2n) is 5.32. The van der Waals surface area contributed by atoms with Crippen LogP contribution in [0.4, 0.5) is 11.4 Å². The average molecular weight is 263 g/mol. The summed E-state index contributed by atoms with van der Waals surface area (Å²) in [6, 6.07) is 15.3. The Labute approximate surface area is 121 Å². The van der Waals surface area contributed by atoms with Crippen molar-refractivity contribution in [2.45, 2.75) is 26.7 Å². The molecule has 102 valence electrons. The molecule has 0 unspecified atom stereocenters. The summed E-state index contributed by atoms with van der Waals surface area (Å²) < 4.78 is 0. The van der Waals surface area contributed by atoms with E-state index in [-0.39, 0.29) is 0 Å². The van der Waals surface area contributed by atoms with E-state index in [1.165, 1.54) is 28.1 Å². The lowest BCUT2D eigenvalue weighted by atomic mass is 9.95. The highest BCUT2D eigenvalue weighted by Crippen LogP contribution is 2.34. The number of hydrogen-bond donors (Lipinski definition) is 0. The summed E-state index contributed by atoms with van der Waals surface area (Å²) in [7, 11) is 0. The average Bonchev–Trinajstić information content (AvgIpc) is 2.50. The molecule has 0 saturated carbocycles. The molecule has 0 spiro atoms. The van der Waals surface area contributed by atoms with Crippen molar-refractivity contribution in [1.29, 1.82) is 0 Å². The summed E-state index contributed by atoms with van der Waals surface area (Å²) in [5, 5.41) is 0. The Morgan fingerprint density at radius 2 is 1.80 bits per heavy atom. The van der Waals surface area contributed by atoms with Crippen molar-refractivity contribution < 1.29 is 0 Å². The van der Waals surface area contributed by atoms with Gasteiger partial charge >= 0.3 is 0 Å². The Kier molecular flexibility index (Phi) is 3.60. The van der Waals surface area contributed by atoms with Crippen molar-refractivity contribution >= 4 is 17.5 Å². The van der Waals surface area contributed by atoms with E-state index in [0.717, 1.165) is 19.4 Å². The Balaban J connectivity index is 2.12. The van der Waals surface area contributed by atoms with Crippen molar-refractivity contribution in [1.82, 2.24) is 0 Å². The van der Waals surface area contributed by atoms with Crippen molar-refractivity contribution in [3.8, 4) is 0 Å². The summed E-state index contributed by atoms with van der Waals surface area (Å²) in [6.07, 6.45) is 6.89. The molecule has 0 aliphatic heterocycles. The molecule has 0 heterocycles. The highest BCUT2D eigenvalue weighted by Gasteiger charge is 2.15. The fraction of sp³-hybridized carbons (Fsp3) is 0.263. The zero-order valence-corrected chi connectivity index (χ0v) is 12.3. The van der Waals surface area contributed by atoms with Gasteiger partial charge in [0.05, 0.1) is 0 Å². The van der Waals surface area contributed by atoms with Gasteiger partial charge in [0.25, 0.3) is 0 Å². The highest BCUT2D eigenvalue weighted by atomic mass is 15.1. The number of anilines is 2. The Morgan fingerprint density at radius 3 is 2.60 bits per heavy atom. The second kappa shape index (κ2) is 5.54. The van der Waals surface area contributed by atoms with E-state index >= 15 is 0 Å². The molecule has 20 heavy (non-hydrogen) atoms. The lowest BCUT2D eigenvalue weighted by Gasteiger charge is -2.28. The van der Waals surface area contributed by atoms with Gasteiger partial charge in [0.1, 0.15) is 0 Å². The molecule has 0 saturated heterocycles. The van der Waals surface area contributed by atoms with E-state index < -0.39 is 0 Å². The summed E-state index contributed by atoms with van der Waals surface area (Å²) >= 11 is 0. The van der Waals surface area contributed by atoms with Crippen LogP contribution in [0.1, 0.15) is 30.0 Å². The van der Waals surface area contributed by atoms with Crippen molar-refractivity contribution in [2.24, 2.45) is 0 Å². The first-order chi connectivity index (χ1) is 9.81. The lowest BCUT2D eigenvalue weighted by molar-refractivity contribution is 0.966. The van der Waals surface area contributed by atoms with Crippen LogP contribution in [0.25, 0.3) is 6.08 Å². The second-order valence-corrected chi connectivity index (χ2v) is 5.32. The van der Waals surface area contributed by atoms with Gasteiger partial charge in [-0.15, -0.1) is 0 Å². The first kappa shape index (κ1) is 13.0. The highest BCUT2D eigenvalue weighted by molar-refractivity contribution is 5.77. The molecule has 1 aliphatic carbocycles. The smallest absolute Gasteiger partial charge is 0.0486 e. The molecule has 0 N–H and O–H groups in total. The van der Waals surface area contributed by atoms with Gasteiger partial charge < -0.3 is 4.90 Å². The molecule has 3 rings (SSSR count). The number of rotatable bonds is 3. The molecule has 0 atom stereocenters. The van der Waals surface area contributed by atoms with E-state index in [9.17, 15) is 0 Å². The monoisotopic (exact) mass is 263 g/mol. The van der Waals surface area contributed by atoms with Gasteiger partial charge in [-0.05, 0) is 49.9 Å². The van der Waals surface area contributed by atoms with E-state index in [1.54, 1.807) is 0 Å². The third-order valence-corrected chi connectivity index (χ3v) is 4.05. The molecule has 1 nitrogen and oxygen atoms in total. The Morgan fingerprint density at radius 1 is 1.00 bits per heavy atom. The zero-order chi connectivity index (χ0) is 13.9. The maximum Gasteiger partial charge on any atom is 0.0486 e. The number of para-hydroxylation sites is 1. The molecule has 1 aliphatic rings. The van der Waals surface area contributed by atoms with Crippen LogP contribution < -0.4 is 4.90 Å². The maximum atomic E-state index is 2.42. The van der Waals surface area contributed by atoms with Gasteiger partial charge in [0.2, 0.25) is 0 Å². The number of fused-ring (bicyclic) bond motifs is 1. The van der Waals surface area contributed by atoms with Gasteiger partial charge in [0, 0.05) is 23.5 Å². The van der Waals surface area contributed by atoms with Crippen molar-refractivity contribution in [3.05, 3.63) is 65.2 Å². The maximum absolute atomic E-state index is 2.42. The number of allylic oxidation sites excluding steroid dienone is 1. The van der Waals surface area contributed by atoms with Crippen molar-refractivity contribution in [3.63, 3.8) is 0 Å². The van der Waals surface area contributed by atoms with Crippen LogP contribution in [0.5, 0.6) is 0 Å². The standard InChI is InChI=1S/C19H21N/c1-3-20(18-13-7-4-9-15(18)2)19-14-8-11-16-10-5-6-12-17(16)19/h4,6-9,11-14H,3,5,10H2,1-2H3. The fourth-order valence-corrected chi connectivity index (χ4v) is 3.02. The predicted molar refractivity (Wildman–Crippen MR) is 87.7 cm³/mol. The van der Waals surface area contributed by atoms with Crippen LogP contribution in [0.15, 0.2) is 48.5 Å². The van der Waals surface area contributed by atoms with Crippen LogP contribution >= 0.6 is 0 Å². The van der Waals surface area contributed by atoms with Crippen molar-refractivity contribution in [2.75, 3.05) is 11.4 Å². The first-order valence-corrected chi connectivity index (χ1v) is 7.43. The summed E-state index contributed by atoms with van der Waals surface area (Å²) in [6.45, 7) is 5.39. The summed E-state index contributed by atoms with van der Waals surface area (Å²) in [5.74, 6) is 0. The van der Waals surface area contributed by atoms with E-state index in [4.69, 9.17) is 0 Å². The SMILES string of the molecule is CCN(c1ccccc1C)c1cccc2c1C=CCC2. The molecular weight excluding hydrogens is 242 g/mol. The van der Waals surface area contributed by atoms with Gasteiger partial charge in [-0.1, -0.05) is 42.5 Å². The van der Waals surface area contributed by atoms with Crippen LogP contribution in [-0.4, -0.2) is 6.54 Å². The number of aryl methyl sites for hydroxylation is 2. The number of nitrogens with zero attached hydrogens (tertiary/aromatic N) is 1. The molecule has 2 aromatic rings. The topological polar surface area (TPSA) is 3.24 Å². The van der Waals surface area contributed by atoms with E-state index in [1.807, 2.05) is 0 Å². The van der Waals surface area contributed by atoms with E-state index in [2.05, 4.69) is 73.4 Å². The molecular formula is C19H21N. The van der Waals surface area contributed by atoms with Gasteiger partial charge in [-0.3, -0.25) is 0 Å². The Bertz CT molecular complexity index is 640. The first-order valence-electron chi connectivity index (χ1n) is 7.43. The molecule has 0 fully saturated rings. The third kappa shape index (κ3) is 2.24. The Hall–Kier alpha value is -2.02. The normalized spacial score (nSPS) is 13.1. The van der Waals surface area contributed by atoms with Crippen LogP contribution in [-0.2, 0) is 6.42 Å². The van der Waals surface area contributed by atoms with Crippen LogP contribution in [0.2, 0.25) is 0 Å². The summed E-state index contributed by atoms with van der Waals surface area (Å²) in [4.78, 5) is 2.42. The number of hydrogen-bond acceptors (Lipinski definition) is 1. The summed E-state index contributed by atoms with van der Waals surface area (Å²) in [5.41, 5.74) is 6.82.